The van der Waals surface area contributed by atoms with Crippen molar-refractivity contribution in [1.29, 1.82) is 0 Å². The molecule has 0 aliphatic rings. The third kappa shape index (κ3) is 4.19. The van der Waals surface area contributed by atoms with Gasteiger partial charge in [-0.2, -0.15) is 0 Å². The first-order valence-electron chi connectivity index (χ1n) is 7.82. The molecule has 2 rings (SSSR count). The van der Waals surface area contributed by atoms with Crippen molar-refractivity contribution in [3.05, 3.63) is 65.2 Å². The van der Waals surface area contributed by atoms with Gasteiger partial charge in [0.2, 0.25) is 0 Å². The highest BCUT2D eigenvalue weighted by Gasteiger charge is 2.13. The Balaban J connectivity index is 2.08. The van der Waals surface area contributed by atoms with Gasteiger partial charge in [-0.1, -0.05) is 17.7 Å². The molecule has 0 saturated heterocycles. The Labute approximate surface area is 137 Å². The van der Waals surface area contributed by atoms with E-state index < -0.39 is 0 Å². The van der Waals surface area contributed by atoms with Crippen molar-refractivity contribution < 1.29 is 9.59 Å². The molecule has 0 aromatic heterocycles. The van der Waals surface area contributed by atoms with Gasteiger partial charge in [0.25, 0.3) is 11.8 Å². The molecule has 0 bridgehead atoms. The predicted octanol–water partition coefficient (Wildman–Crippen LogP) is 3.73. The maximum Gasteiger partial charge on any atom is 0.255 e. The summed E-state index contributed by atoms with van der Waals surface area (Å²) >= 11 is 0. The molecular formula is C19H22N2O2. The summed E-state index contributed by atoms with van der Waals surface area (Å²) in [4.78, 5) is 26.2. The number of hydrogen-bond acceptors (Lipinski definition) is 2. The largest absolute Gasteiger partial charge is 0.339 e. The van der Waals surface area contributed by atoms with Crippen molar-refractivity contribution in [3.8, 4) is 0 Å². The van der Waals surface area contributed by atoms with Gasteiger partial charge >= 0.3 is 0 Å². The van der Waals surface area contributed by atoms with Crippen LogP contribution in [0, 0.1) is 6.92 Å². The van der Waals surface area contributed by atoms with Crippen LogP contribution in [-0.4, -0.2) is 29.8 Å². The van der Waals surface area contributed by atoms with Crippen LogP contribution in [0.5, 0.6) is 0 Å². The lowest BCUT2D eigenvalue weighted by molar-refractivity contribution is 0.0772. The summed E-state index contributed by atoms with van der Waals surface area (Å²) in [6.45, 7) is 7.24. The van der Waals surface area contributed by atoms with Crippen LogP contribution in [-0.2, 0) is 0 Å². The summed E-state index contributed by atoms with van der Waals surface area (Å²) in [7, 11) is 0. The summed E-state index contributed by atoms with van der Waals surface area (Å²) < 4.78 is 0. The smallest absolute Gasteiger partial charge is 0.255 e. The third-order valence-electron chi connectivity index (χ3n) is 3.75. The zero-order chi connectivity index (χ0) is 16.8. The molecule has 2 aromatic carbocycles. The molecule has 0 unspecified atom stereocenters. The molecule has 120 valence electrons. The Morgan fingerprint density at radius 2 is 1.39 bits per heavy atom. The van der Waals surface area contributed by atoms with E-state index in [4.69, 9.17) is 0 Å². The van der Waals surface area contributed by atoms with Crippen molar-refractivity contribution in [2.45, 2.75) is 20.8 Å². The van der Waals surface area contributed by atoms with Crippen LogP contribution in [0.4, 0.5) is 5.69 Å². The third-order valence-corrected chi connectivity index (χ3v) is 3.75. The number of amides is 2. The normalized spacial score (nSPS) is 10.2. The summed E-state index contributed by atoms with van der Waals surface area (Å²) in [5.74, 6) is -0.198. The summed E-state index contributed by atoms with van der Waals surface area (Å²) in [6.07, 6.45) is 0. The molecule has 4 heteroatoms. The topological polar surface area (TPSA) is 49.4 Å². The quantitative estimate of drug-likeness (QED) is 0.915. The van der Waals surface area contributed by atoms with E-state index in [0.29, 0.717) is 24.2 Å². The summed E-state index contributed by atoms with van der Waals surface area (Å²) in [5.41, 5.74) is 3.02. The maximum atomic E-state index is 12.2. The van der Waals surface area contributed by atoms with Crippen molar-refractivity contribution in [2.24, 2.45) is 0 Å². The van der Waals surface area contributed by atoms with Gasteiger partial charge < -0.3 is 10.2 Å². The fraction of sp³-hybridized carbons (Fsp3) is 0.263. The highest BCUT2D eigenvalue weighted by atomic mass is 16.2. The van der Waals surface area contributed by atoms with E-state index in [9.17, 15) is 9.59 Å². The predicted molar refractivity (Wildman–Crippen MR) is 92.8 cm³/mol. The molecule has 0 fully saturated rings. The van der Waals surface area contributed by atoms with Gasteiger partial charge in [-0.25, -0.2) is 0 Å². The van der Waals surface area contributed by atoms with Gasteiger partial charge in [0.1, 0.15) is 0 Å². The molecule has 0 spiro atoms. The monoisotopic (exact) mass is 310 g/mol. The van der Waals surface area contributed by atoms with E-state index in [1.54, 1.807) is 29.2 Å². The molecule has 0 heterocycles. The van der Waals surface area contributed by atoms with Crippen LogP contribution < -0.4 is 5.32 Å². The summed E-state index contributed by atoms with van der Waals surface area (Å²) in [5, 5.41) is 2.84. The molecule has 0 atom stereocenters. The minimum Gasteiger partial charge on any atom is -0.339 e. The first-order chi connectivity index (χ1) is 11.0. The highest BCUT2D eigenvalue weighted by molar-refractivity contribution is 6.05. The first kappa shape index (κ1) is 16.7. The number of hydrogen-bond donors (Lipinski definition) is 1. The number of anilines is 1. The van der Waals surface area contributed by atoms with Gasteiger partial charge in [0, 0.05) is 29.9 Å². The molecular weight excluding hydrogens is 288 g/mol. The molecule has 2 aromatic rings. The minimum atomic E-state index is -0.185. The van der Waals surface area contributed by atoms with E-state index >= 15 is 0 Å². The Morgan fingerprint density at radius 1 is 0.870 bits per heavy atom. The van der Waals surface area contributed by atoms with Gasteiger partial charge in [0.15, 0.2) is 0 Å². The molecule has 0 saturated carbocycles. The van der Waals surface area contributed by atoms with E-state index in [0.717, 1.165) is 11.3 Å². The number of nitrogens with zero attached hydrogens (tertiary/aromatic N) is 1. The van der Waals surface area contributed by atoms with Crippen LogP contribution in [0.25, 0.3) is 0 Å². The second-order valence-corrected chi connectivity index (χ2v) is 5.37. The van der Waals surface area contributed by atoms with Gasteiger partial charge in [0.05, 0.1) is 0 Å². The molecule has 2 amide bonds. The number of nitrogens with one attached hydrogen (secondary N) is 1. The molecule has 23 heavy (non-hydrogen) atoms. The molecule has 0 aliphatic heterocycles. The minimum absolute atomic E-state index is 0.0134. The van der Waals surface area contributed by atoms with E-state index in [1.807, 2.05) is 45.0 Å². The van der Waals surface area contributed by atoms with Crippen molar-refractivity contribution >= 4 is 17.5 Å². The average molecular weight is 310 g/mol. The second kappa shape index (κ2) is 7.58. The van der Waals surface area contributed by atoms with Crippen LogP contribution in [0.15, 0.2) is 48.5 Å². The van der Waals surface area contributed by atoms with Gasteiger partial charge in [-0.15, -0.1) is 0 Å². The van der Waals surface area contributed by atoms with Crippen LogP contribution in [0.3, 0.4) is 0 Å². The average Bonchev–Trinajstić information content (AvgIpc) is 2.58. The zero-order valence-electron chi connectivity index (χ0n) is 13.8. The summed E-state index contributed by atoms with van der Waals surface area (Å²) in [6, 6.07) is 14.4. The van der Waals surface area contributed by atoms with E-state index in [1.165, 1.54) is 0 Å². The van der Waals surface area contributed by atoms with E-state index in [-0.39, 0.29) is 11.8 Å². The molecule has 4 nitrogen and oxygen atoms in total. The zero-order valence-corrected chi connectivity index (χ0v) is 13.8. The Hall–Kier alpha value is -2.62. The number of carbonyl (C=O) groups excluding carboxylic acids is 2. The van der Waals surface area contributed by atoms with Crippen molar-refractivity contribution in [2.75, 3.05) is 18.4 Å². The number of benzene rings is 2. The standard InChI is InChI=1S/C19H22N2O2/c1-4-21(5-2)19(23)16-10-8-15(9-11-16)18(22)20-17-12-6-14(3)7-13-17/h6-13H,4-5H2,1-3H3,(H,20,22). The van der Waals surface area contributed by atoms with Crippen molar-refractivity contribution in [3.63, 3.8) is 0 Å². The Bertz CT molecular complexity index is 672. The molecule has 1 N–H and O–H groups in total. The van der Waals surface area contributed by atoms with E-state index in [2.05, 4.69) is 5.32 Å². The maximum absolute atomic E-state index is 12.2. The lowest BCUT2D eigenvalue weighted by atomic mass is 10.1. The Kier molecular flexibility index (Phi) is 5.52. The van der Waals surface area contributed by atoms with Crippen molar-refractivity contribution in [1.82, 2.24) is 4.90 Å². The number of rotatable bonds is 5. The second-order valence-electron chi connectivity index (χ2n) is 5.37. The SMILES string of the molecule is CCN(CC)C(=O)c1ccc(C(=O)Nc2ccc(C)cc2)cc1. The lowest BCUT2D eigenvalue weighted by Gasteiger charge is -2.18. The van der Waals surface area contributed by atoms with Crippen LogP contribution in [0.2, 0.25) is 0 Å². The van der Waals surface area contributed by atoms with Crippen LogP contribution >= 0.6 is 0 Å². The number of carbonyl (C=O) groups is 2. The van der Waals surface area contributed by atoms with Gasteiger partial charge in [-0.3, -0.25) is 9.59 Å². The fourth-order valence-electron chi connectivity index (χ4n) is 2.30. The van der Waals surface area contributed by atoms with Crippen LogP contribution in [0.1, 0.15) is 40.1 Å². The molecule has 0 radical (unpaired) electrons. The van der Waals surface area contributed by atoms with Gasteiger partial charge in [-0.05, 0) is 57.2 Å². The lowest BCUT2D eigenvalue weighted by Crippen LogP contribution is -2.30. The fourth-order valence-corrected chi connectivity index (χ4v) is 2.30. The molecule has 0 aliphatic carbocycles. The highest BCUT2D eigenvalue weighted by Crippen LogP contribution is 2.12. The Morgan fingerprint density at radius 3 is 1.91 bits per heavy atom. The first-order valence-corrected chi connectivity index (χ1v) is 7.82. The number of aryl methyl sites for hydroxylation is 1.